The number of hydrogen-bond acceptors (Lipinski definition) is 23. The Kier molecular flexibility index (Phi) is 34.9. The van der Waals surface area contributed by atoms with Crippen molar-refractivity contribution >= 4 is 107 Å². The Hall–Kier alpha value is -10.9. The number of methoxy groups -OCH3 is 1. The molecule has 12 fully saturated rings. The van der Waals surface area contributed by atoms with E-state index in [0.717, 1.165) is 127 Å². The lowest BCUT2D eigenvalue weighted by Crippen LogP contribution is -2.62. The number of urea groups is 3. The van der Waals surface area contributed by atoms with Crippen molar-refractivity contribution in [3.8, 4) is 0 Å². The van der Waals surface area contributed by atoms with E-state index >= 15 is 0 Å². The summed E-state index contributed by atoms with van der Waals surface area (Å²) in [6, 6.07) is -3.96. The molecule has 3 heterocycles. The van der Waals surface area contributed by atoms with Gasteiger partial charge in [0.15, 0.2) is 0 Å². The molecule has 0 aromatic heterocycles. The van der Waals surface area contributed by atoms with E-state index in [2.05, 4.69) is 99.4 Å². The number of carbonyl (C=O) groups excluding carboxylic acids is 18. The first-order chi connectivity index (χ1) is 66.6. The molecule has 9 saturated carbocycles. The quantitative estimate of drug-likeness (QED) is 0.0174. The fourth-order valence-electron chi connectivity index (χ4n) is 23.3. The first-order valence-electron chi connectivity index (χ1n) is 51.7. The van der Waals surface area contributed by atoms with Gasteiger partial charge >= 0.3 is 36.5 Å². The van der Waals surface area contributed by atoms with Crippen molar-refractivity contribution in [2.24, 2.45) is 127 Å². The van der Waals surface area contributed by atoms with Crippen LogP contribution in [0.4, 0.5) is 28.8 Å². The molecule has 1 aromatic carbocycles. The van der Waals surface area contributed by atoms with Crippen molar-refractivity contribution in [1.29, 1.82) is 0 Å². The number of nitrogens with two attached hydrogens (primary N) is 3. The lowest BCUT2D eigenvalue weighted by molar-refractivity contribution is -0.145. The number of likely N-dealkylation sites (tertiary alicyclic amines) is 3. The number of alkyl carbamates (subject to hydrolysis) is 1. The van der Waals surface area contributed by atoms with E-state index in [4.69, 9.17) is 36.1 Å². The average molecular weight is 1990 g/mol. The molecule has 18 atom stereocenters. The van der Waals surface area contributed by atoms with Gasteiger partial charge in [-0.25, -0.2) is 28.8 Å². The van der Waals surface area contributed by atoms with Crippen LogP contribution >= 0.6 is 0 Å². The van der Waals surface area contributed by atoms with Crippen molar-refractivity contribution in [2.75, 3.05) is 59.7 Å². The highest BCUT2D eigenvalue weighted by atomic mass is 16.7. The zero-order chi connectivity index (χ0) is 104. The van der Waals surface area contributed by atoms with E-state index in [0.29, 0.717) is 70.8 Å². The van der Waals surface area contributed by atoms with Crippen LogP contribution in [0.25, 0.3) is 0 Å². The second kappa shape index (κ2) is 45.2. The number of amides is 16. The third kappa shape index (κ3) is 26.8. The molecule has 3 unspecified atom stereocenters. The molecule has 3 aliphatic heterocycles. The number of benzene rings is 1. The lowest BCUT2D eigenvalue weighted by Gasteiger charge is -2.38. The largest absolute Gasteiger partial charge is 0.508 e. The van der Waals surface area contributed by atoms with Gasteiger partial charge in [-0.1, -0.05) is 205 Å². The number of piperidine rings is 3. The van der Waals surface area contributed by atoms with Crippen LogP contribution in [0, 0.1) is 109 Å². The Labute approximate surface area is 833 Å². The van der Waals surface area contributed by atoms with E-state index in [1.165, 1.54) is 16.9 Å². The van der Waals surface area contributed by atoms with Gasteiger partial charge in [0, 0.05) is 26.2 Å². The van der Waals surface area contributed by atoms with Crippen molar-refractivity contribution in [3.05, 3.63) is 35.4 Å². The molecule has 16 amide bonds. The van der Waals surface area contributed by atoms with Crippen molar-refractivity contribution < 1.29 is 110 Å². The van der Waals surface area contributed by atoms with Crippen LogP contribution in [-0.2, 0) is 94.1 Å². The number of nitrogens with one attached hydrogen (secondary N) is 10. The summed E-state index contributed by atoms with van der Waals surface area (Å²) in [7, 11) is 1.22. The Morgan fingerprint density at radius 1 is 0.394 bits per heavy atom. The SMILES string of the molecule is CC(C)(C)[C@H](NC(=O)N[C@H](COC(=O)OCC1CC1)C1CCCC1)C(=O)N1C[C@H]2[C@@H]([C@H]1C(=O)NC(CC1CCC1)C(=O)C(N)=O)C2(C)C.CCNC(=O)OC[C@@H](NC(=O)N[C@H](C(=O)N1C[C@H]2[C@@H]([C@H]1C(=O)NC(CC1CC1)C(=O)C(N)=O)C2(C)C)C1Cc2ccccc2C1)C(C)(C)C.COC(=O)OC[C@@H](NC(=O)N[C@H](C(=O)N1C[C@H]2[C@@H]([C@H]1C(=O)NC(CC1CCC1)C(=O)C(N)=O)C2(C)C)C(C)(C)C)C1CCCC1. The molecule has 39 heteroatoms. The number of rotatable bonds is 39. The molecule has 1 aromatic rings. The third-order valence-corrected chi connectivity index (χ3v) is 33.3. The lowest BCUT2D eigenvalue weighted by atomic mass is 9.80. The molecule has 788 valence electrons. The zero-order valence-electron chi connectivity index (χ0n) is 86.1. The van der Waals surface area contributed by atoms with Crippen molar-refractivity contribution in [2.45, 2.75) is 331 Å². The number of primary amides is 3. The van der Waals surface area contributed by atoms with Gasteiger partial charge in [-0.05, 0) is 198 Å². The maximum absolute atomic E-state index is 14.7. The summed E-state index contributed by atoms with van der Waals surface area (Å²) in [6.45, 7) is 32.5. The van der Waals surface area contributed by atoms with E-state index < -0.39 is 190 Å². The normalized spacial score (nSPS) is 25.6. The van der Waals surface area contributed by atoms with E-state index in [1.807, 2.05) is 86.6 Å². The number of Topliss-reactive ketones (excluding diaryl/α,β-unsaturated/α-hetero) is 3. The summed E-state index contributed by atoms with van der Waals surface area (Å²) in [5.41, 5.74) is 15.7. The Morgan fingerprint density at radius 2 is 0.746 bits per heavy atom. The molecule has 142 heavy (non-hydrogen) atoms. The predicted molar refractivity (Wildman–Crippen MR) is 519 cm³/mol. The third-order valence-electron chi connectivity index (χ3n) is 33.3. The molecule has 13 aliphatic rings. The molecule has 0 bridgehead atoms. The van der Waals surface area contributed by atoms with Gasteiger partial charge in [0.25, 0.3) is 17.7 Å². The maximum atomic E-state index is 14.7. The molecular formula is C103H158N16O23. The first kappa shape index (κ1) is 110. The Morgan fingerprint density at radius 3 is 1.07 bits per heavy atom. The molecule has 16 N–H and O–H groups in total. The highest BCUT2D eigenvalue weighted by Crippen LogP contribution is 2.67. The number of carbonyl (C=O) groups is 18. The molecular weight excluding hydrogens is 1830 g/mol. The van der Waals surface area contributed by atoms with Crippen LogP contribution in [0.15, 0.2) is 24.3 Å². The summed E-state index contributed by atoms with van der Waals surface area (Å²) >= 11 is 0. The van der Waals surface area contributed by atoms with Crippen LogP contribution < -0.4 is 70.4 Å². The molecule has 0 radical (unpaired) electrons. The summed E-state index contributed by atoms with van der Waals surface area (Å²) < 4.78 is 25.7. The topological polar surface area (TPSA) is 561 Å². The number of ketones is 3. The van der Waals surface area contributed by atoms with E-state index in [1.54, 1.807) is 11.8 Å². The number of hydrogen-bond donors (Lipinski definition) is 13. The molecule has 14 rings (SSSR count). The van der Waals surface area contributed by atoms with Crippen LogP contribution in [0.3, 0.4) is 0 Å². The minimum absolute atomic E-state index is 0.0332. The average Bonchev–Trinajstić information content (AvgIpc) is 1.53. The molecule has 3 saturated heterocycles. The van der Waals surface area contributed by atoms with Gasteiger partial charge in [-0.15, -0.1) is 0 Å². The molecule has 39 nitrogen and oxygen atoms in total. The molecule has 10 aliphatic carbocycles. The smallest absolute Gasteiger partial charge is 0.447 e. The van der Waals surface area contributed by atoms with Gasteiger partial charge in [-0.2, -0.15) is 0 Å². The highest BCUT2D eigenvalue weighted by Gasteiger charge is 2.73. The number of ether oxygens (including phenoxy) is 5. The zero-order valence-corrected chi connectivity index (χ0v) is 86.1. The summed E-state index contributed by atoms with van der Waals surface area (Å²) in [5.74, 6) is -7.57. The minimum atomic E-state index is -1.10. The second-order valence-electron chi connectivity index (χ2n) is 47.6. The molecule has 0 spiro atoms. The fourth-order valence-corrected chi connectivity index (χ4v) is 23.3. The second-order valence-corrected chi connectivity index (χ2v) is 47.6. The van der Waals surface area contributed by atoms with Crippen molar-refractivity contribution in [3.63, 3.8) is 0 Å². The Balaban J connectivity index is 0.000000190. The van der Waals surface area contributed by atoms with E-state index in [-0.39, 0.29) is 113 Å². The van der Waals surface area contributed by atoms with Gasteiger partial charge in [0.1, 0.15) is 56.1 Å². The van der Waals surface area contributed by atoms with Crippen LogP contribution in [0.1, 0.15) is 257 Å². The summed E-state index contributed by atoms with van der Waals surface area (Å²) in [4.78, 5) is 240. The van der Waals surface area contributed by atoms with Gasteiger partial charge < -0.3 is 109 Å². The van der Waals surface area contributed by atoms with E-state index in [9.17, 15) is 86.3 Å². The predicted octanol–water partition coefficient (Wildman–Crippen LogP) is 7.34. The van der Waals surface area contributed by atoms with Gasteiger partial charge in [-0.3, -0.25) is 57.5 Å². The number of fused-ring (bicyclic) bond motifs is 4. The monoisotopic (exact) mass is 1990 g/mol. The minimum Gasteiger partial charge on any atom is -0.447 e. The fraction of sp³-hybridized carbons (Fsp3) is 0.767. The van der Waals surface area contributed by atoms with Crippen LogP contribution in [0.5, 0.6) is 0 Å². The standard InChI is InChI=1S/C36H52N6O7.C35H55N5O8.C32H51N5O8/c1-7-38-34(48)49-18-25(35(2,3)4)40-33(47)41-27(22-15-20-10-8-9-11-21(20)16-22)32(46)42-17-23-26(36(23,5)6)28(42)31(45)39-24(14-19-12-13-19)29(43)30(37)44;1-34(2,3)28(39-32(45)38-24(21-11-6-7-12-21)18-48-33(46)47-17-20-13-14-20)31(44)40-16-22-25(35(22,4)5)26(40)30(43)37-23(27(41)29(36)42)15-19-9-8-10-19;1-31(2,3)25(36-29(42)35-21(16-45-30(43)44-6)18-12-7-8-13-18)28(41)37-15-19-22(32(19,4)5)23(37)27(40)34-20(24(38)26(33)39)14-17-10-9-11-17/h8-11,19,22-28H,7,12-18H2,1-6H3,(H2,37,44)(H,38,48)(H,39,45)(H2,40,41,47);19-26,28H,6-18H2,1-5H3,(H2,36,42)(H,37,43)(H2,38,39,45);17-23,25H,7-16H2,1-6H3,(H2,33,39)(H,34,40)(H2,35,36,42)/t23-,24?,25+,26-,27-,28-;22-,23?,24+,25-,26-,28+;19-,20?,21+,22-,23-,25+/m000/s1. The van der Waals surface area contributed by atoms with Gasteiger partial charge in [0.05, 0.1) is 50.0 Å². The van der Waals surface area contributed by atoms with Crippen LogP contribution in [0.2, 0.25) is 0 Å². The van der Waals surface area contributed by atoms with Crippen LogP contribution in [-0.4, -0.2) is 254 Å². The summed E-state index contributed by atoms with van der Waals surface area (Å²) in [6.07, 6.45) is 17.2. The first-order valence-corrected chi connectivity index (χ1v) is 51.7. The number of nitrogens with zero attached hydrogens (tertiary/aromatic N) is 3. The van der Waals surface area contributed by atoms with Crippen molar-refractivity contribution in [1.82, 2.24) is 67.9 Å². The maximum Gasteiger partial charge on any atom is 0.508 e. The Bertz CT molecular complexity index is 4830. The highest BCUT2D eigenvalue weighted by molar-refractivity contribution is 6.39. The summed E-state index contributed by atoms with van der Waals surface area (Å²) in [5, 5.41) is 28.5. The van der Waals surface area contributed by atoms with Gasteiger partial charge in [0.2, 0.25) is 52.8 Å².